The zero-order valence-corrected chi connectivity index (χ0v) is 16.7. The molecule has 0 spiro atoms. The molecule has 0 unspecified atom stereocenters. The Bertz CT molecular complexity index is 684. The molecule has 6 heteroatoms. The predicted octanol–water partition coefficient (Wildman–Crippen LogP) is 3.12. The quantitative estimate of drug-likeness (QED) is 0.850. The van der Waals surface area contributed by atoms with E-state index in [1.54, 1.807) is 17.0 Å². The van der Waals surface area contributed by atoms with Crippen LogP contribution in [-0.4, -0.2) is 35.5 Å². The predicted molar refractivity (Wildman–Crippen MR) is 104 cm³/mol. The van der Waals surface area contributed by atoms with E-state index in [2.05, 4.69) is 38.3 Å². The molecule has 0 aliphatic carbocycles. The van der Waals surface area contributed by atoms with Gasteiger partial charge in [0.25, 0.3) is 0 Å². The highest BCUT2D eigenvalue weighted by atomic mass is 35.5. The zero-order chi connectivity index (χ0) is 19.1. The summed E-state index contributed by atoms with van der Waals surface area (Å²) >= 11 is 5.92. The molecule has 2 saturated heterocycles. The highest BCUT2D eigenvalue weighted by Gasteiger charge is 2.40. The number of halogens is 1. The Hall–Kier alpha value is -1.59. The van der Waals surface area contributed by atoms with Gasteiger partial charge in [-0.2, -0.15) is 0 Å². The molecule has 1 aromatic rings. The Balaban J connectivity index is 1.64. The second-order valence-electron chi connectivity index (χ2n) is 8.89. The van der Waals surface area contributed by atoms with Crippen LogP contribution in [-0.2, 0) is 9.59 Å². The van der Waals surface area contributed by atoms with Crippen LogP contribution < -0.4 is 15.5 Å². The maximum absolute atomic E-state index is 12.8. The Kier molecular flexibility index (Phi) is 5.06. The fourth-order valence-electron chi connectivity index (χ4n) is 4.50. The number of nitrogens with one attached hydrogen (secondary N) is 2. The summed E-state index contributed by atoms with van der Waals surface area (Å²) in [6.07, 6.45) is 2.01. The molecular weight excluding hydrogens is 350 g/mol. The number of nitrogens with zero attached hydrogens (tertiary/aromatic N) is 1. The molecule has 3 rings (SSSR count). The van der Waals surface area contributed by atoms with Crippen molar-refractivity contribution < 1.29 is 9.59 Å². The molecule has 1 aromatic carbocycles. The lowest BCUT2D eigenvalue weighted by atomic mass is 9.79. The molecule has 0 aromatic heterocycles. The van der Waals surface area contributed by atoms with E-state index >= 15 is 0 Å². The highest BCUT2D eigenvalue weighted by molar-refractivity contribution is 6.30. The van der Waals surface area contributed by atoms with Gasteiger partial charge >= 0.3 is 0 Å². The minimum absolute atomic E-state index is 0.0153. The molecule has 26 heavy (non-hydrogen) atoms. The van der Waals surface area contributed by atoms with E-state index < -0.39 is 0 Å². The normalized spacial score (nSPS) is 25.3. The van der Waals surface area contributed by atoms with E-state index in [4.69, 9.17) is 11.6 Å². The van der Waals surface area contributed by atoms with Crippen molar-refractivity contribution in [2.45, 2.75) is 64.1 Å². The fourth-order valence-corrected chi connectivity index (χ4v) is 4.62. The van der Waals surface area contributed by atoms with Crippen molar-refractivity contribution in [3.05, 3.63) is 29.3 Å². The molecule has 5 nitrogen and oxygen atoms in total. The van der Waals surface area contributed by atoms with Gasteiger partial charge in [0.15, 0.2) is 0 Å². The van der Waals surface area contributed by atoms with Crippen molar-refractivity contribution >= 4 is 29.1 Å². The van der Waals surface area contributed by atoms with Crippen LogP contribution in [0.4, 0.5) is 5.69 Å². The fraction of sp³-hybridized carbons (Fsp3) is 0.600. The SMILES string of the molecule is CC1(C)CC(NC(=O)[C@H]2CC(=O)N(c3ccc(Cl)cc3)C2)CC(C)(C)N1. The van der Waals surface area contributed by atoms with Crippen molar-refractivity contribution in [1.82, 2.24) is 10.6 Å². The molecule has 2 heterocycles. The van der Waals surface area contributed by atoms with Gasteiger partial charge in [-0.3, -0.25) is 9.59 Å². The molecule has 1 atom stereocenters. The summed E-state index contributed by atoms with van der Waals surface area (Å²) in [7, 11) is 0. The van der Waals surface area contributed by atoms with Crippen molar-refractivity contribution in [2.75, 3.05) is 11.4 Å². The van der Waals surface area contributed by atoms with Crippen LogP contribution in [0.15, 0.2) is 24.3 Å². The molecule has 142 valence electrons. The monoisotopic (exact) mass is 377 g/mol. The number of hydrogen-bond donors (Lipinski definition) is 2. The number of benzene rings is 1. The first-order valence-corrected chi connectivity index (χ1v) is 9.58. The van der Waals surface area contributed by atoms with E-state index in [0.29, 0.717) is 11.6 Å². The second kappa shape index (κ2) is 6.86. The third kappa shape index (κ3) is 4.38. The first-order chi connectivity index (χ1) is 12.0. The van der Waals surface area contributed by atoms with Gasteiger partial charge in [-0.15, -0.1) is 0 Å². The van der Waals surface area contributed by atoms with Crippen LogP contribution in [0, 0.1) is 5.92 Å². The van der Waals surface area contributed by atoms with Gasteiger partial charge in [-0.25, -0.2) is 0 Å². The van der Waals surface area contributed by atoms with Crippen molar-refractivity contribution in [1.29, 1.82) is 0 Å². The Labute approximate surface area is 160 Å². The van der Waals surface area contributed by atoms with Gasteiger partial charge in [0.1, 0.15) is 0 Å². The number of amides is 2. The van der Waals surface area contributed by atoms with Gasteiger partial charge in [-0.05, 0) is 64.8 Å². The highest BCUT2D eigenvalue weighted by Crippen LogP contribution is 2.30. The number of hydrogen-bond acceptors (Lipinski definition) is 3. The summed E-state index contributed by atoms with van der Waals surface area (Å²) in [5, 5.41) is 7.45. The van der Waals surface area contributed by atoms with Crippen molar-refractivity contribution in [3.63, 3.8) is 0 Å². The van der Waals surface area contributed by atoms with Gasteiger partial charge < -0.3 is 15.5 Å². The van der Waals surface area contributed by atoms with Gasteiger partial charge in [0.05, 0.1) is 5.92 Å². The Morgan fingerprint density at radius 2 is 1.73 bits per heavy atom. The van der Waals surface area contributed by atoms with Gasteiger partial charge in [-0.1, -0.05) is 11.6 Å². The first-order valence-electron chi connectivity index (χ1n) is 9.20. The average Bonchev–Trinajstić information content (AvgIpc) is 2.87. The van der Waals surface area contributed by atoms with E-state index in [1.807, 2.05) is 12.1 Å². The Morgan fingerprint density at radius 3 is 2.31 bits per heavy atom. The van der Waals surface area contributed by atoms with Crippen LogP contribution in [0.25, 0.3) is 0 Å². The lowest BCUT2D eigenvalue weighted by Crippen LogP contribution is -2.62. The van der Waals surface area contributed by atoms with Crippen LogP contribution in [0.5, 0.6) is 0 Å². The minimum atomic E-state index is -0.306. The molecule has 2 fully saturated rings. The number of carbonyl (C=O) groups is 2. The lowest BCUT2D eigenvalue weighted by molar-refractivity contribution is -0.127. The van der Waals surface area contributed by atoms with Crippen molar-refractivity contribution in [2.24, 2.45) is 5.92 Å². The summed E-state index contributed by atoms with van der Waals surface area (Å²) in [4.78, 5) is 26.8. The molecule has 0 saturated carbocycles. The molecule has 2 N–H and O–H groups in total. The largest absolute Gasteiger partial charge is 0.353 e. The second-order valence-corrected chi connectivity index (χ2v) is 9.32. The van der Waals surface area contributed by atoms with E-state index in [9.17, 15) is 9.59 Å². The molecule has 2 aliphatic heterocycles. The van der Waals surface area contributed by atoms with E-state index in [-0.39, 0.29) is 41.3 Å². The third-order valence-electron chi connectivity index (χ3n) is 5.17. The standard InChI is InChI=1S/C20H28ClN3O2/c1-19(2)10-15(11-20(3,4)23-19)22-18(26)13-9-17(25)24(12-13)16-7-5-14(21)6-8-16/h5-8,13,15,23H,9-12H2,1-4H3,(H,22,26)/t13-/m0/s1. The van der Waals surface area contributed by atoms with Crippen LogP contribution in [0.2, 0.25) is 5.02 Å². The summed E-state index contributed by atoms with van der Waals surface area (Å²) in [6, 6.07) is 7.28. The van der Waals surface area contributed by atoms with Crippen molar-refractivity contribution in [3.8, 4) is 0 Å². The van der Waals surface area contributed by atoms with Crippen LogP contribution in [0.3, 0.4) is 0 Å². The number of rotatable bonds is 3. The summed E-state index contributed by atoms with van der Waals surface area (Å²) in [6.45, 7) is 9.07. The van der Waals surface area contributed by atoms with Crippen LogP contribution in [0.1, 0.15) is 47.0 Å². The smallest absolute Gasteiger partial charge is 0.227 e. The number of carbonyl (C=O) groups excluding carboxylic acids is 2. The minimum Gasteiger partial charge on any atom is -0.353 e. The summed E-state index contributed by atoms with van der Waals surface area (Å²) < 4.78 is 0. The summed E-state index contributed by atoms with van der Waals surface area (Å²) in [5.74, 6) is -0.342. The molecule has 2 aliphatic rings. The third-order valence-corrected chi connectivity index (χ3v) is 5.42. The topological polar surface area (TPSA) is 61.4 Å². The molecule has 2 amide bonds. The number of piperidine rings is 1. The number of anilines is 1. The van der Waals surface area contributed by atoms with Crippen LogP contribution >= 0.6 is 11.6 Å². The average molecular weight is 378 g/mol. The van der Waals surface area contributed by atoms with Gasteiger partial charge in [0.2, 0.25) is 11.8 Å². The van der Waals surface area contributed by atoms with Gasteiger partial charge in [0, 0.05) is 40.8 Å². The zero-order valence-electron chi connectivity index (χ0n) is 15.9. The molecule has 0 bridgehead atoms. The molecular formula is C20H28ClN3O2. The first kappa shape index (κ1) is 19.2. The maximum Gasteiger partial charge on any atom is 0.227 e. The lowest BCUT2D eigenvalue weighted by Gasteiger charge is -2.46. The maximum atomic E-state index is 12.8. The molecule has 0 radical (unpaired) electrons. The Morgan fingerprint density at radius 1 is 1.15 bits per heavy atom. The van der Waals surface area contributed by atoms with E-state index in [1.165, 1.54) is 0 Å². The van der Waals surface area contributed by atoms with E-state index in [0.717, 1.165) is 18.5 Å². The summed E-state index contributed by atoms with van der Waals surface area (Å²) in [5.41, 5.74) is 0.736.